The van der Waals surface area contributed by atoms with Crippen LogP contribution in [0.4, 0.5) is 4.39 Å². The monoisotopic (exact) mass is 278 g/mol. The number of benzene rings is 1. The number of aromatic nitrogens is 2. The largest absolute Gasteiger partial charge is 0.301 e. The molecule has 0 saturated heterocycles. The van der Waals surface area contributed by atoms with Crippen LogP contribution in [0.3, 0.4) is 0 Å². The summed E-state index contributed by atoms with van der Waals surface area (Å²) >= 11 is 1.44. The van der Waals surface area contributed by atoms with Crippen LogP contribution in [0, 0.1) is 5.82 Å². The van der Waals surface area contributed by atoms with Crippen LogP contribution in [-0.2, 0) is 5.75 Å². The minimum Gasteiger partial charge on any atom is -0.301 e. The first-order valence-electron chi connectivity index (χ1n) is 6.03. The summed E-state index contributed by atoms with van der Waals surface area (Å²) in [5, 5.41) is 0.598. The molecule has 0 spiro atoms. The summed E-state index contributed by atoms with van der Waals surface area (Å²) in [5.74, 6) is 0.611. The van der Waals surface area contributed by atoms with Gasteiger partial charge >= 0.3 is 0 Å². The second-order valence-corrected chi connectivity index (χ2v) is 5.51. The van der Waals surface area contributed by atoms with Gasteiger partial charge in [-0.15, -0.1) is 0 Å². The lowest BCUT2D eigenvalue weighted by Crippen LogP contribution is -2.10. The highest BCUT2D eigenvalue weighted by atomic mass is 32.2. The van der Waals surface area contributed by atoms with Crippen molar-refractivity contribution in [3.63, 3.8) is 0 Å². The van der Waals surface area contributed by atoms with Crippen molar-refractivity contribution < 1.29 is 4.39 Å². The molecule has 0 atom stereocenters. The van der Waals surface area contributed by atoms with Crippen LogP contribution >= 0.6 is 11.8 Å². The van der Waals surface area contributed by atoms with Crippen molar-refractivity contribution in [1.82, 2.24) is 9.97 Å². The predicted molar refractivity (Wildman–Crippen MR) is 74.9 cm³/mol. The fourth-order valence-corrected chi connectivity index (χ4v) is 2.39. The maximum atomic E-state index is 12.8. The first-order valence-corrected chi connectivity index (χ1v) is 7.01. The van der Waals surface area contributed by atoms with Crippen LogP contribution in [0.25, 0.3) is 0 Å². The van der Waals surface area contributed by atoms with Crippen molar-refractivity contribution in [3.05, 3.63) is 57.8 Å². The molecule has 19 heavy (non-hydrogen) atoms. The van der Waals surface area contributed by atoms with E-state index < -0.39 is 0 Å². The standard InChI is InChI=1S/C14H15FN2OS/c1-9(2)12-7-13(18)17-14(16-12)19-8-10-3-5-11(15)6-4-10/h3-7,9H,8H2,1-2H3,(H,16,17,18). The van der Waals surface area contributed by atoms with Crippen molar-refractivity contribution in [1.29, 1.82) is 0 Å². The van der Waals surface area contributed by atoms with Crippen molar-refractivity contribution >= 4 is 11.8 Å². The van der Waals surface area contributed by atoms with Crippen LogP contribution < -0.4 is 5.56 Å². The van der Waals surface area contributed by atoms with E-state index in [0.29, 0.717) is 10.9 Å². The minimum atomic E-state index is -0.248. The predicted octanol–water partition coefficient (Wildman–Crippen LogP) is 3.32. The summed E-state index contributed by atoms with van der Waals surface area (Å²) in [5.41, 5.74) is 1.63. The van der Waals surface area contributed by atoms with Gasteiger partial charge in [-0.05, 0) is 23.6 Å². The molecule has 0 aliphatic heterocycles. The highest BCUT2D eigenvalue weighted by Crippen LogP contribution is 2.20. The Bertz CT molecular complexity index is 608. The average Bonchev–Trinajstić information content (AvgIpc) is 2.37. The smallest absolute Gasteiger partial charge is 0.251 e. The first kappa shape index (κ1) is 13.8. The highest BCUT2D eigenvalue weighted by Gasteiger charge is 2.06. The van der Waals surface area contributed by atoms with Crippen molar-refractivity contribution in [3.8, 4) is 0 Å². The molecule has 3 nitrogen and oxygen atoms in total. The van der Waals surface area contributed by atoms with Gasteiger partial charge in [-0.3, -0.25) is 4.79 Å². The Morgan fingerprint density at radius 3 is 2.63 bits per heavy atom. The van der Waals surface area contributed by atoms with E-state index in [1.54, 1.807) is 12.1 Å². The molecule has 1 N–H and O–H groups in total. The first-order chi connectivity index (χ1) is 9.04. The summed E-state index contributed by atoms with van der Waals surface area (Å²) in [4.78, 5) is 18.6. The van der Waals surface area contributed by atoms with Gasteiger partial charge in [-0.25, -0.2) is 9.37 Å². The van der Waals surface area contributed by atoms with E-state index in [1.165, 1.54) is 30.0 Å². The Balaban J connectivity index is 2.11. The minimum absolute atomic E-state index is 0.139. The summed E-state index contributed by atoms with van der Waals surface area (Å²) in [6.07, 6.45) is 0. The van der Waals surface area contributed by atoms with E-state index in [9.17, 15) is 9.18 Å². The number of thioether (sulfide) groups is 1. The molecule has 5 heteroatoms. The molecule has 1 heterocycles. The highest BCUT2D eigenvalue weighted by molar-refractivity contribution is 7.98. The number of halogens is 1. The van der Waals surface area contributed by atoms with E-state index in [-0.39, 0.29) is 17.3 Å². The number of rotatable bonds is 4. The van der Waals surface area contributed by atoms with E-state index in [2.05, 4.69) is 9.97 Å². The molecule has 2 rings (SSSR count). The van der Waals surface area contributed by atoms with Gasteiger partial charge in [0, 0.05) is 11.8 Å². The molecule has 1 aromatic heterocycles. The molecule has 0 radical (unpaired) electrons. The topological polar surface area (TPSA) is 45.8 Å². The summed E-state index contributed by atoms with van der Waals surface area (Å²) in [6, 6.07) is 7.83. The molecular formula is C14H15FN2OS. The fraction of sp³-hybridized carbons (Fsp3) is 0.286. The third-order valence-corrected chi connectivity index (χ3v) is 3.56. The summed E-state index contributed by atoms with van der Waals surface area (Å²) in [7, 11) is 0. The number of nitrogens with zero attached hydrogens (tertiary/aromatic N) is 1. The van der Waals surface area contributed by atoms with Crippen LogP contribution in [0.2, 0.25) is 0 Å². The quantitative estimate of drug-likeness (QED) is 0.689. The van der Waals surface area contributed by atoms with Crippen molar-refractivity contribution in [2.24, 2.45) is 0 Å². The number of hydrogen-bond donors (Lipinski definition) is 1. The Kier molecular flexibility index (Phi) is 4.37. The number of nitrogens with one attached hydrogen (secondary N) is 1. The van der Waals surface area contributed by atoms with Crippen molar-refractivity contribution in [2.75, 3.05) is 0 Å². The summed E-state index contributed by atoms with van der Waals surface area (Å²) in [6.45, 7) is 3.99. The maximum absolute atomic E-state index is 12.8. The van der Waals surface area contributed by atoms with Gasteiger partial charge in [0.05, 0.1) is 5.69 Å². The third-order valence-electron chi connectivity index (χ3n) is 2.62. The maximum Gasteiger partial charge on any atom is 0.251 e. The molecule has 0 aliphatic carbocycles. The van der Waals surface area contributed by atoms with Crippen molar-refractivity contribution in [2.45, 2.75) is 30.7 Å². The molecule has 0 bridgehead atoms. The molecule has 0 saturated carbocycles. The van der Waals surface area contributed by atoms with Gasteiger partial charge < -0.3 is 4.98 Å². The van der Waals surface area contributed by atoms with Gasteiger partial charge in [0.25, 0.3) is 5.56 Å². The molecule has 0 amide bonds. The Hall–Kier alpha value is -1.62. The van der Waals surface area contributed by atoms with Gasteiger partial charge in [-0.2, -0.15) is 0 Å². The molecule has 1 aromatic carbocycles. The Morgan fingerprint density at radius 2 is 2.00 bits per heavy atom. The zero-order valence-electron chi connectivity index (χ0n) is 10.8. The van der Waals surface area contributed by atoms with Crippen LogP contribution in [0.5, 0.6) is 0 Å². The second kappa shape index (κ2) is 6.02. The van der Waals surface area contributed by atoms with E-state index in [1.807, 2.05) is 13.8 Å². The molecular weight excluding hydrogens is 263 g/mol. The zero-order valence-corrected chi connectivity index (χ0v) is 11.6. The van der Waals surface area contributed by atoms with Gasteiger partial charge in [0.15, 0.2) is 5.16 Å². The van der Waals surface area contributed by atoms with Crippen LogP contribution in [0.1, 0.15) is 31.0 Å². The number of hydrogen-bond acceptors (Lipinski definition) is 3. The van der Waals surface area contributed by atoms with Gasteiger partial charge in [-0.1, -0.05) is 37.7 Å². The zero-order chi connectivity index (χ0) is 13.8. The van der Waals surface area contributed by atoms with Gasteiger partial charge in [0.2, 0.25) is 0 Å². The third kappa shape index (κ3) is 3.92. The lowest BCUT2D eigenvalue weighted by Gasteiger charge is -2.06. The molecule has 0 unspecified atom stereocenters. The Labute approximate surface area is 115 Å². The van der Waals surface area contributed by atoms with Gasteiger partial charge in [0.1, 0.15) is 5.82 Å². The number of aromatic amines is 1. The fourth-order valence-electron chi connectivity index (χ4n) is 1.55. The van der Waals surface area contributed by atoms with E-state index >= 15 is 0 Å². The van der Waals surface area contributed by atoms with E-state index in [0.717, 1.165) is 11.3 Å². The molecule has 0 fully saturated rings. The molecule has 2 aromatic rings. The average molecular weight is 278 g/mol. The SMILES string of the molecule is CC(C)c1cc(=O)[nH]c(SCc2ccc(F)cc2)n1. The summed E-state index contributed by atoms with van der Waals surface area (Å²) < 4.78 is 12.8. The van der Waals surface area contributed by atoms with Crippen LogP contribution in [0.15, 0.2) is 40.3 Å². The number of H-pyrrole nitrogens is 1. The van der Waals surface area contributed by atoms with E-state index in [4.69, 9.17) is 0 Å². The normalized spacial score (nSPS) is 10.9. The second-order valence-electron chi connectivity index (χ2n) is 4.55. The Morgan fingerprint density at radius 1 is 1.32 bits per heavy atom. The lowest BCUT2D eigenvalue weighted by molar-refractivity contribution is 0.627. The molecule has 0 aliphatic rings. The molecule has 100 valence electrons. The van der Waals surface area contributed by atoms with Crippen LogP contribution in [-0.4, -0.2) is 9.97 Å². The lowest BCUT2D eigenvalue weighted by atomic mass is 10.1.